The Balaban J connectivity index is 2.27. The van der Waals surface area contributed by atoms with Crippen molar-refractivity contribution < 1.29 is 0 Å². The smallest absolute Gasteiger partial charge is 0.0375 e. The Morgan fingerprint density at radius 3 is 2.28 bits per heavy atom. The zero-order chi connectivity index (χ0) is 13.3. The molecule has 0 aliphatic carbocycles. The fourth-order valence-electron chi connectivity index (χ4n) is 3.23. The minimum atomic E-state index is 0.228. The lowest BCUT2D eigenvalue weighted by atomic mass is 9.86. The Morgan fingerprint density at radius 1 is 1.17 bits per heavy atom. The van der Waals surface area contributed by atoms with Crippen LogP contribution >= 0.6 is 0 Å². The highest BCUT2D eigenvalue weighted by atomic mass is 15.2. The Bertz CT molecular complexity index is 403. The molecule has 2 nitrogen and oxygen atoms in total. The highest BCUT2D eigenvalue weighted by molar-refractivity contribution is 5.53. The molecule has 1 aliphatic rings. The van der Waals surface area contributed by atoms with Crippen molar-refractivity contribution in [2.75, 3.05) is 18.5 Å². The first-order valence-electron chi connectivity index (χ1n) is 6.95. The van der Waals surface area contributed by atoms with Gasteiger partial charge in [-0.3, -0.25) is 0 Å². The van der Waals surface area contributed by atoms with Gasteiger partial charge in [0.15, 0.2) is 0 Å². The number of nitrogens with zero attached hydrogens (tertiary/aromatic N) is 1. The lowest BCUT2D eigenvalue weighted by molar-refractivity contribution is 0.302. The van der Waals surface area contributed by atoms with Gasteiger partial charge in [0.1, 0.15) is 0 Å². The van der Waals surface area contributed by atoms with Gasteiger partial charge in [-0.25, -0.2) is 0 Å². The molecule has 1 heterocycles. The standard InChI is InChI=1S/C16H26N2/c1-12-8-13(2)10-15(9-12)18-7-6-14(17-5)11-16(18,3)4/h8-10,14,17H,6-7,11H2,1-5H3. The quantitative estimate of drug-likeness (QED) is 0.861. The van der Waals surface area contributed by atoms with E-state index in [9.17, 15) is 0 Å². The molecular formula is C16H26N2. The van der Waals surface area contributed by atoms with E-state index in [1.807, 2.05) is 0 Å². The molecule has 2 rings (SSSR count). The lowest BCUT2D eigenvalue weighted by Gasteiger charge is -2.47. The zero-order valence-corrected chi connectivity index (χ0v) is 12.4. The topological polar surface area (TPSA) is 15.3 Å². The number of hydrogen-bond acceptors (Lipinski definition) is 2. The van der Waals surface area contributed by atoms with Crippen molar-refractivity contribution in [1.82, 2.24) is 5.32 Å². The number of piperidine rings is 1. The van der Waals surface area contributed by atoms with Gasteiger partial charge in [0, 0.05) is 23.8 Å². The van der Waals surface area contributed by atoms with E-state index in [1.54, 1.807) is 0 Å². The summed E-state index contributed by atoms with van der Waals surface area (Å²) >= 11 is 0. The van der Waals surface area contributed by atoms with Crippen LogP contribution in [0.25, 0.3) is 0 Å². The molecule has 18 heavy (non-hydrogen) atoms. The van der Waals surface area contributed by atoms with E-state index in [1.165, 1.54) is 29.7 Å². The number of benzene rings is 1. The predicted molar refractivity (Wildman–Crippen MR) is 79.4 cm³/mol. The van der Waals surface area contributed by atoms with Crippen LogP contribution < -0.4 is 10.2 Å². The maximum absolute atomic E-state index is 3.43. The fourth-order valence-corrected chi connectivity index (χ4v) is 3.23. The highest BCUT2D eigenvalue weighted by Crippen LogP contribution is 2.33. The molecule has 1 saturated heterocycles. The van der Waals surface area contributed by atoms with E-state index in [2.05, 4.69) is 63.2 Å². The first-order chi connectivity index (χ1) is 8.42. The molecule has 0 saturated carbocycles. The van der Waals surface area contributed by atoms with Gasteiger partial charge in [0.05, 0.1) is 0 Å². The van der Waals surface area contributed by atoms with Crippen LogP contribution in [0.1, 0.15) is 37.8 Å². The Hall–Kier alpha value is -1.02. The highest BCUT2D eigenvalue weighted by Gasteiger charge is 2.34. The second kappa shape index (κ2) is 4.93. The molecule has 1 N–H and O–H groups in total. The van der Waals surface area contributed by atoms with Crippen molar-refractivity contribution in [1.29, 1.82) is 0 Å². The Kier molecular flexibility index (Phi) is 3.67. The summed E-state index contributed by atoms with van der Waals surface area (Å²) < 4.78 is 0. The summed E-state index contributed by atoms with van der Waals surface area (Å²) in [6.07, 6.45) is 2.43. The van der Waals surface area contributed by atoms with E-state index < -0.39 is 0 Å². The molecule has 1 aliphatic heterocycles. The van der Waals surface area contributed by atoms with Gasteiger partial charge in [-0.1, -0.05) is 6.07 Å². The van der Waals surface area contributed by atoms with E-state index in [4.69, 9.17) is 0 Å². The number of hydrogen-bond donors (Lipinski definition) is 1. The van der Waals surface area contributed by atoms with Crippen LogP contribution in [0.4, 0.5) is 5.69 Å². The maximum Gasteiger partial charge on any atom is 0.0375 e. The van der Waals surface area contributed by atoms with Crippen LogP contribution in [0.2, 0.25) is 0 Å². The first-order valence-corrected chi connectivity index (χ1v) is 6.95. The van der Waals surface area contributed by atoms with E-state index in [0.717, 1.165) is 6.54 Å². The van der Waals surface area contributed by atoms with E-state index in [0.29, 0.717) is 6.04 Å². The summed E-state index contributed by atoms with van der Waals surface area (Å²) in [5, 5.41) is 3.43. The maximum atomic E-state index is 3.43. The third kappa shape index (κ3) is 2.69. The van der Waals surface area contributed by atoms with Gasteiger partial charge in [0.25, 0.3) is 0 Å². The van der Waals surface area contributed by atoms with Crippen LogP contribution in [0, 0.1) is 13.8 Å². The van der Waals surface area contributed by atoms with Crippen LogP contribution in [0.3, 0.4) is 0 Å². The first kappa shape index (κ1) is 13.4. The molecule has 0 bridgehead atoms. The third-order valence-corrected chi connectivity index (χ3v) is 4.10. The molecule has 0 radical (unpaired) electrons. The molecule has 0 amide bonds. The lowest BCUT2D eigenvalue weighted by Crippen LogP contribution is -2.54. The van der Waals surface area contributed by atoms with Crippen LogP contribution in [0.15, 0.2) is 18.2 Å². The van der Waals surface area contributed by atoms with Gasteiger partial charge in [-0.05, 0) is 70.8 Å². The van der Waals surface area contributed by atoms with Crippen LogP contribution in [0.5, 0.6) is 0 Å². The average Bonchev–Trinajstić information content (AvgIpc) is 2.26. The van der Waals surface area contributed by atoms with Gasteiger partial charge in [-0.2, -0.15) is 0 Å². The van der Waals surface area contributed by atoms with Gasteiger partial charge in [0.2, 0.25) is 0 Å². The summed E-state index contributed by atoms with van der Waals surface area (Å²) in [5.41, 5.74) is 4.33. The number of anilines is 1. The fraction of sp³-hybridized carbons (Fsp3) is 0.625. The van der Waals surface area contributed by atoms with Crippen molar-refractivity contribution in [3.63, 3.8) is 0 Å². The van der Waals surface area contributed by atoms with E-state index in [-0.39, 0.29) is 5.54 Å². The second-order valence-electron chi connectivity index (χ2n) is 6.29. The number of aryl methyl sites for hydroxylation is 2. The predicted octanol–water partition coefficient (Wildman–Crippen LogP) is 3.27. The molecule has 1 aromatic rings. The SMILES string of the molecule is CNC1CCN(c2cc(C)cc(C)c2)C(C)(C)C1. The Labute approximate surface area is 111 Å². The minimum Gasteiger partial charge on any atom is -0.366 e. The average molecular weight is 246 g/mol. The molecule has 1 fully saturated rings. The zero-order valence-electron chi connectivity index (χ0n) is 12.4. The monoisotopic (exact) mass is 246 g/mol. The normalized spacial score (nSPS) is 23.2. The third-order valence-electron chi connectivity index (χ3n) is 4.10. The number of rotatable bonds is 2. The number of nitrogens with one attached hydrogen (secondary N) is 1. The molecule has 2 heteroatoms. The van der Waals surface area contributed by atoms with Crippen molar-refractivity contribution in [3.05, 3.63) is 29.3 Å². The van der Waals surface area contributed by atoms with Crippen molar-refractivity contribution in [2.24, 2.45) is 0 Å². The summed E-state index contributed by atoms with van der Waals surface area (Å²) in [6.45, 7) is 10.2. The van der Waals surface area contributed by atoms with Gasteiger partial charge < -0.3 is 10.2 Å². The molecule has 0 spiro atoms. The summed E-state index contributed by atoms with van der Waals surface area (Å²) in [4.78, 5) is 2.57. The molecule has 1 unspecified atom stereocenters. The molecule has 100 valence electrons. The second-order valence-corrected chi connectivity index (χ2v) is 6.29. The van der Waals surface area contributed by atoms with Crippen LogP contribution in [-0.4, -0.2) is 25.2 Å². The summed E-state index contributed by atoms with van der Waals surface area (Å²) in [6, 6.07) is 7.53. The summed E-state index contributed by atoms with van der Waals surface area (Å²) in [5.74, 6) is 0. The van der Waals surface area contributed by atoms with Crippen molar-refractivity contribution >= 4 is 5.69 Å². The summed E-state index contributed by atoms with van der Waals surface area (Å²) in [7, 11) is 2.08. The Morgan fingerprint density at radius 2 is 1.78 bits per heavy atom. The van der Waals surface area contributed by atoms with Crippen molar-refractivity contribution in [3.8, 4) is 0 Å². The van der Waals surface area contributed by atoms with Gasteiger partial charge in [-0.15, -0.1) is 0 Å². The van der Waals surface area contributed by atoms with Gasteiger partial charge >= 0.3 is 0 Å². The molecular weight excluding hydrogens is 220 g/mol. The minimum absolute atomic E-state index is 0.228. The van der Waals surface area contributed by atoms with Crippen LogP contribution in [-0.2, 0) is 0 Å². The van der Waals surface area contributed by atoms with E-state index >= 15 is 0 Å². The molecule has 0 aromatic heterocycles. The largest absolute Gasteiger partial charge is 0.366 e. The molecule has 1 atom stereocenters. The molecule has 1 aromatic carbocycles. The van der Waals surface area contributed by atoms with Crippen molar-refractivity contribution in [2.45, 2.75) is 52.1 Å².